The summed E-state index contributed by atoms with van der Waals surface area (Å²) in [6, 6.07) is 0. The maximum atomic E-state index is 14.1. The number of carbonyl (C=O) groups is 6. The van der Waals surface area contributed by atoms with Crippen molar-refractivity contribution in [2.45, 2.75) is 306 Å². The van der Waals surface area contributed by atoms with E-state index in [0.717, 1.165) is 6.92 Å². The zero-order chi connectivity index (χ0) is 101. The van der Waals surface area contributed by atoms with E-state index in [-0.39, 0.29) is 52.9 Å². The second-order valence-corrected chi connectivity index (χ2v) is 28.5. The Labute approximate surface area is 658 Å². The zero-order valence-corrected chi connectivity index (χ0v) is 64.7. The normalized spacial score (nSPS) is 16.5. The lowest BCUT2D eigenvalue weighted by atomic mass is 9.82. The molecule has 0 aromatic rings. The van der Waals surface area contributed by atoms with Crippen LogP contribution in [-0.4, -0.2) is 231 Å². The van der Waals surface area contributed by atoms with Gasteiger partial charge in [0.1, 0.15) is 0 Å². The van der Waals surface area contributed by atoms with Gasteiger partial charge in [-0.2, -0.15) is 176 Å². The fourth-order valence-electron chi connectivity index (χ4n) is 7.12. The second-order valence-electron chi connectivity index (χ2n) is 28.5. The van der Waals surface area contributed by atoms with Gasteiger partial charge in [-0.05, 0) is 108 Å². The van der Waals surface area contributed by atoms with Crippen LogP contribution >= 0.6 is 0 Å². The van der Waals surface area contributed by atoms with Gasteiger partial charge in [0.05, 0.1) is 27.6 Å². The average Bonchev–Trinajstić information content (AvgIpc) is 0.720. The van der Waals surface area contributed by atoms with Crippen LogP contribution < -0.4 is 0 Å². The summed E-state index contributed by atoms with van der Waals surface area (Å²) in [4.78, 5) is 68.9. The van der Waals surface area contributed by atoms with Crippen molar-refractivity contribution < 1.29 is 276 Å². The van der Waals surface area contributed by atoms with Crippen LogP contribution in [0.15, 0.2) is 0 Å². The zero-order valence-electron chi connectivity index (χ0n) is 64.7. The molecule has 6 unspecified atom stereocenters. The van der Waals surface area contributed by atoms with E-state index in [4.69, 9.17) is 25.5 Å². The summed E-state index contributed by atoms with van der Waals surface area (Å²) in [5.41, 5.74) is -41.0. The highest BCUT2D eigenvalue weighted by Crippen LogP contribution is 2.59. The minimum Gasteiger partial charge on any atom is -0.459 e. The van der Waals surface area contributed by atoms with Crippen LogP contribution in [0, 0.1) is 27.6 Å². The van der Waals surface area contributed by atoms with Crippen molar-refractivity contribution in [3.63, 3.8) is 0 Å². The molecule has 0 bridgehead atoms. The van der Waals surface area contributed by atoms with Crippen molar-refractivity contribution in [1.29, 1.82) is 0 Å². The molecule has 5 N–H and O–H groups in total. The molecule has 61 heteroatoms. The largest absolute Gasteiger partial charge is 0.459 e. The number of aliphatic hydroxyl groups is 5. The van der Waals surface area contributed by atoms with Crippen molar-refractivity contribution in [1.82, 2.24) is 0 Å². The maximum absolute atomic E-state index is 14.1. The van der Waals surface area contributed by atoms with Gasteiger partial charge in [-0.25, -0.2) is 22.4 Å². The highest BCUT2D eigenvalue weighted by Gasteiger charge is 2.89. The summed E-state index contributed by atoms with van der Waals surface area (Å²) in [5, 5.41) is 43.7. The smallest absolute Gasteiger partial charge is 0.432 e. The molecule has 122 heavy (non-hydrogen) atoms. The van der Waals surface area contributed by atoms with Crippen LogP contribution in [0.5, 0.6) is 0 Å². The van der Waals surface area contributed by atoms with Crippen LogP contribution in [0.2, 0.25) is 0 Å². The topological polar surface area (TPSA) is 259 Å². The van der Waals surface area contributed by atoms with Gasteiger partial charge in [0.15, 0.2) is 24.9 Å². The Kier molecular flexibility index (Phi) is 40.5. The van der Waals surface area contributed by atoms with Crippen molar-refractivity contribution in [2.75, 3.05) is 13.2 Å². The minimum atomic E-state index is -6.95. The lowest BCUT2D eigenvalue weighted by Gasteiger charge is -2.45. The number of halogens is 44. The average molecular weight is 1920 g/mol. The van der Waals surface area contributed by atoms with Gasteiger partial charge in [0.25, 0.3) is 36.3 Å². The summed E-state index contributed by atoms with van der Waals surface area (Å²) in [7, 11) is 0. The molecule has 0 fully saturated rings. The van der Waals surface area contributed by atoms with Crippen LogP contribution in [0.3, 0.4) is 0 Å². The lowest BCUT2D eigenvalue weighted by molar-refractivity contribution is -0.441. The summed E-state index contributed by atoms with van der Waals surface area (Å²) < 4.78 is 587. The van der Waals surface area contributed by atoms with E-state index in [1.54, 1.807) is 0 Å². The monoisotopic (exact) mass is 1920 g/mol. The van der Waals surface area contributed by atoms with Gasteiger partial charge >= 0.3 is 144 Å². The van der Waals surface area contributed by atoms with Crippen LogP contribution in [0.1, 0.15) is 150 Å². The second kappa shape index (κ2) is 39.8. The van der Waals surface area contributed by atoms with Gasteiger partial charge in [0.2, 0.25) is 0 Å². The molecule has 730 valence electrons. The number of alkyl halides is 44. The Hall–Kier alpha value is -6.46. The molecule has 0 aliphatic rings. The molecule has 0 amide bonds. The number of rotatable bonds is 29. The van der Waals surface area contributed by atoms with Crippen molar-refractivity contribution in [2.24, 2.45) is 27.6 Å². The Morgan fingerprint density at radius 1 is 0.320 bits per heavy atom. The number of carbonyl (C=O) groups excluding carboxylic acids is 6. The maximum Gasteiger partial charge on any atom is 0.432 e. The highest BCUT2D eigenvalue weighted by molar-refractivity contribution is 5.80. The first-order chi connectivity index (χ1) is 52.6. The van der Waals surface area contributed by atoms with E-state index >= 15 is 0 Å². The fraction of sp³-hybridized carbons (Fsp3) is 0.902. The molecule has 6 atom stereocenters. The number of hydrogen-bond acceptors (Lipinski definition) is 17. The molecular formula is C61H76F44O17. The predicted molar refractivity (Wildman–Crippen MR) is 315 cm³/mol. The standard InChI is InChI=1S/C14H16F10O5.C13H18F8O3.C12H16F8O3.C11H12F10O3.C11H14F8O3/c1-4-10(2,3)9(26)28-5-6(25)29-7(13(19,20)21)12(17,18)11(27,8(15)16)14(22,23)24;1-6-8(2,3)7(22)24-9(4,5)11(14,15)10(23,12(16,17)18)13(19,20)21;1-5-8(3,4)7(21)23-6(2)9(13,14)10(22,11(15,16)17)12(18,19)20;1-3-4(2)5(22)24-6(10(16,17)18)9(14,15)8(23,7(12)13)11(19,20)21;1-4-7(2,3)6(20)22-5-8(12,13)9(21,10(14,15)16)11(17,18)19/h7-8,27H,4-5H2,1-3H3;23H,6H2,1-5H3;6,22H,5H2,1-4H3;4,6-7,23H,3H2,1-2H3;21H,4-5H2,1-3H3. The molecule has 0 rings (SSSR count). The highest BCUT2D eigenvalue weighted by atomic mass is 19.5. The molecule has 0 radical (unpaired) electrons. The molecular weight excluding hydrogens is 1840 g/mol. The van der Waals surface area contributed by atoms with E-state index in [9.17, 15) is 222 Å². The van der Waals surface area contributed by atoms with E-state index in [0.29, 0.717) is 0 Å². The minimum absolute atomic E-state index is 0.0241. The Balaban J connectivity index is -0.000000469. The van der Waals surface area contributed by atoms with Gasteiger partial charge in [-0.1, -0.05) is 41.5 Å². The molecule has 0 aromatic heterocycles. The predicted octanol–water partition coefficient (Wildman–Crippen LogP) is 18.9. The SMILES string of the molecule is CCC(C)(C)C(=O)OC(C)(C)C(F)(F)C(O)(C(F)(F)F)C(F)(F)F.CCC(C)(C)C(=O)OC(C)C(F)(F)C(O)(C(F)(F)F)C(F)(F)F.CCC(C)(C)C(=O)OCC(=O)OC(C(F)(F)F)C(F)(F)C(O)(C(F)F)C(F)(F)F.CCC(C)(C)C(=O)OCC(F)(F)C(O)(C(F)(F)F)C(F)(F)F.CCC(C)C(=O)OC(C(F)(F)F)C(F)(F)C(O)(C(F)F)C(F)(F)F. The third-order valence-electron chi connectivity index (χ3n) is 17.5. The van der Waals surface area contributed by atoms with Crippen molar-refractivity contribution >= 4 is 35.8 Å². The van der Waals surface area contributed by atoms with Crippen LogP contribution in [-0.2, 0) is 57.2 Å². The number of esters is 6. The Morgan fingerprint density at radius 2 is 0.582 bits per heavy atom. The molecule has 0 saturated carbocycles. The number of ether oxygens (including phenoxy) is 6. The van der Waals surface area contributed by atoms with Crippen LogP contribution in [0.25, 0.3) is 0 Å². The van der Waals surface area contributed by atoms with E-state index in [1.165, 1.54) is 90.0 Å². The Bertz CT molecular complexity index is 3330. The molecule has 0 saturated heterocycles. The third-order valence-corrected chi connectivity index (χ3v) is 17.5. The van der Waals surface area contributed by atoms with Gasteiger partial charge in [-0.3, -0.25) is 24.0 Å². The molecule has 0 spiro atoms. The lowest BCUT2D eigenvalue weighted by Crippen LogP contribution is -2.74. The summed E-state index contributed by atoms with van der Waals surface area (Å²) >= 11 is 0. The molecule has 0 aliphatic carbocycles. The molecule has 0 aliphatic heterocycles. The van der Waals surface area contributed by atoms with E-state index in [1.807, 2.05) is 0 Å². The van der Waals surface area contributed by atoms with E-state index in [2.05, 4.69) is 28.4 Å². The first-order valence-corrected chi connectivity index (χ1v) is 32.5. The van der Waals surface area contributed by atoms with Crippen LogP contribution in [0.4, 0.5) is 193 Å². The first-order valence-electron chi connectivity index (χ1n) is 32.5. The summed E-state index contributed by atoms with van der Waals surface area (Å²) in [5.74, 6) is -42.3. The van der Waals surface area contributed by atoms with Gasteiger partial charge in [-0.15, -0.1) is 0 Å². The quantitative estimate of drug-likeness (QED) is 0.0265. The fourth-order valence-corrected chi connectivity index (χ4v) is 7.12. The molecule has 0 aromatic carbocycles. The Morgan fingerprint density at radius 3 is 0.828 bits per heavy atom. The summed E-state index contributed by atoms with van der Waals surface area (Å²) in [6.07, 6.45) is -91.2. The number of hydrogen-bond donors (Lipinski definition) is 5. The first kappa shape index (κ1) is 124. The molecule has 0 heterocycles. The van der Waals surface area contributed by atoms with Gasteiger partial charge in [0, 0.05) is 0 Å². The van der Waals surface area contributed by atoms with Gasteiger partial charge < -0.3 is 54.0 Å². The third kappa shape index (κ3) is 26.8. The molecule has 17 nitrogen and oxygen atoms in total. The van der Waals surface area contributed by atoms with Crippen molar-refractivity contribution in [3.8, 4) is 0 Å². The van der Waals surface area contributed by atoms with Crippen molar-refractivity contribution in [3.05, 3.63) is 0 Å². The van der Waals surface area contributed by atoms with E-state index < -0.39 is 233 Å². The summed E-state index contributed by atoms with van der Waals surface area (Å²) in [6.45, 7) is 13.9.